The van der Waals surface area contributed by atoms with Crippen LogP contribution < -0.4 is 0 Å². The van der Waals surface area contributed by atoms with Crippen LogP contribution in [0, 0.1) is 0 Å². The molecule has 0 fully saturated rings. The lowest BCUT2D eigenvalue weighted by Gasteiger charge is -2.11. The van der Waals surface area contributed by atoms with Crippen LogP contribution in [0.2, 0.25) is 0 Å². The summed E-state index contributed by atoms with van der Waals surface area (Å²) < 4.78 is 0. The number of carbonyl (C=O) groups excluding carboxylic acids is 1. The molecule has 0 saturated heterocycles. The zero-order chi connectivity index (χ0) is 11.4. The molecule has 0 unspecified atom stereocenters. The Hall–Kier alpha value is -1.37. The minimum absolute atomic E-state index is 0.375. The first kappa shape index (κ1) is 11.1. The summed E-state index contributed by atoms with van der Waals surface area (Å²) in [5.41, 5.74) is 3.94. The number of fused-ring (bicyclic) bond motifs is 1. The third-order valence-corrected chi connectivity index (χ3v) is 3.13. The average molecular weight is 214 g/mol. The summed E-state index contributed by atoms with van der Waals surface area (Å²) in [4.78, 5) is 11.7. The molecule has 0 aliphatic heterocycles. The standard InChI is InChI=1S/C15H18O/c1-12-6-2-5-9-15(16)11-14-8-4-3-7-13(14)10-12/h3-4,6-8H,2,5,9-11H2,1H3/b12-6-. The van der Waals surface area contributed by atoms with Crippen molar-refractivity contribution < 1.29 is 4.79 Å². The van der Waals surface area contributed by atoms with E-state index in [4.69, 9.17) is 0 Å². The number of allylic oxidation sites excluding steroid dienone is 2. The first-order valence-electron chi connectivity index (χ1n) is 6.00. The van der Waals surface area contributed by atoms with Crippen molar-refractivity contribution in [3.05, 3.63) is 47.0 Å². The van der Waals surface area contributed by atoms with E-state index in [-0.39, 0.29) is 0 Å². The molecule has 1 aromatic carbocycles. The molecule has 16 heavy (non-hydrogen) atoms. The summed E-state index contributed by atoms with van der Waals surface area (Å²) in [7, 11) is 0. The van der Waals surface area contributed by atoms with Crippen molar-refractivity contribution in [3.63, 3.8) is 0 Å². The third kappa shape index (κ3) is 2.82. The van der Waals surface area contributed by atoms with Gasteiger partial charge >= 0.3 is 0 Å². The number of hydrogen-bond acceptors (Lipinski definition) is 1. The number of rotatable bonds is 0. The van der Waals surface area contributed by atoms with Crippen LogP contribution in [-0.2, 0) is 17.6 Å². The molecule has 0 aromatic heterocycles. The minimum atomic E-state index is 0.375. The zero-order valence-corrected chi connectivity index (χ0v) is 9.83. The molecule has 1 aliphatic carbocycles. The number of benzene rings is 1. The van der Waals surface area contributed by atoms with Gasteiger partial charge in [0.05, 0.1) is 0 Å². The molecular weight excluding hydrogens is 196 g/mol. The number of Topliss-reactive ketones (excluding diaryl/α,β-unsaturated/α-hetero) is 1. The monoisotopic (exact) mass is 214 g/mol. The molecule has 84 valence electrons. The van der Waals surface area contributed by atoms with Gasteiger partial charge in [-0.05, 0) is 37.3 Å². The van der Waals surface area contributed by atoms with Crippen molar-refractivity contribution in [1.29, 1.82) is 0 Å². The van der Waals surface area contributed by atoms with Crippen molar-refractivity contribution in [2.45, 2.75) is 39.0 Å². The molecule has 0 spiro atoms. The second kappa shape index (κ2) is 5.11. The van der Waals surface area contributed by atoms with Crippen molar-refractivity contribution in [2.24, 2.45) is 0 Å². The van der Waals surface area contributed by atoms with Crippen LogP contribution in [0.5, 0.6) is 0 Å². The van der Waals surface area contributed by atoms with Gasteiger partial charge in [0, 0.05) is 12.8 Å². The van der Waals surface area contributed by atoms with Gasteiger partial charge in [-0.2, -0.15) is 0 Å². The van der Waals surface area contributed by atoms with Crippen molar-refractivity contribution >= 4 is 5.78 Å². The van der Waals surface area contributed by atoms with Crippen LogP contribution in [0.15, 0.2) is 35.9 Å². The molecule has 1 aromatic rings. The Bertz CT molecular complexity index is 415. The van der Waals surface area contributed by atoms with E-state index in [1.165, 1.54) is 16.7 Å². The highest BCUT2D eigenvalue weighted by molar-refractivity contribution is 5.81. The maximum atomic E-state index is 11.7. The number of hydrogen-bond donors (Lipinski definition) is 0. The van der Waals surface area contributed by atoms with Gasteiger partial charge in [0.2, 0.25) is 0 Å². The summed E-state index contributed by atoms with van der Waals surface area (Å²) in [6, 6.07) is 8.31. The SMILES string of the molecule is C/C1=C/CCCC(=O)Cc2ccccc2C1. The average Bonchev–Trinajstić information content (AvgIpc) is 2.27. The zero-order valence-electron chi connectivity index (χ0n) is 9.83. The van der Waals surface area contributed by atoms with E-state index >= 15 is 0 Å². The van der Waals surface area contributed by atoms with E-state index in [9.17, 15) is 4.79 Å². The largest absolute Gasteiger partial charge is 0.299 e. The molecule has 2 rings (SSSR count). The molecule has 1 heteroatoms. The van der Waals surface area contributed by atoms with Gasteiger partial charge in [-0.3, -0.25) is 4.79 Å². The second-order valence-corrected chi connectivity index (χ2v) is 4.60. The second-order valence-electron chi connectivity index (χ2n) is 4.60. The van der Waals surface area contributed by atoms with Gasteiger partial charge < -0.3 is 0 Å². The molecule has 0 heterocycles. The van der Waals surface area contributed by atoms with Gasteiger partial charge in [-0.1, -0.05) is 35.9 Å². The quantitative estimate of drug-likeness (QED) is 0.604. The predicted octanol–water partition coefficient (Wildman–Crippen LogP) is 3.47. The molecule has 0 saturated carbocycles. The van der Waals surface area contributed by atoms with E-state index in [2.05, 4.69) is 31.2 Å². The highest BCUT2D eigenvalue weighted by atomic mass is 16.1. The van der Waals surface area contributed by atoms with Gasteiger partial charge in [-0.15, -0.1) is 0 Å². The van der Waals surface area contributed by atoms with Crippen LogP contribution in [-0.4, -0.2) is 5.78 Å². The Balaban J connectivity index is 2.31. The van der Waals surface area contributed by atoms with E-state index in [1.54, 1.807) is 0 Å². The first-order valence-corrected chi connectivity index (χ1v) is 6.00. The fraction of sp³-hybridized carbons (Fsp3) is 0.400. The Labute approximate surface area is 97.2 Å². The fourth-order valence-electron chi connectivity index (χ4n) is 2.22. The molecule has 0 atom stereocenters. The molecule has 0 N–H and O–H groups in total. The van der Waals surface area contributed by atoms with Gasteiger partial charge in [-0.25, -0.2) is 0 Å². The summed E-state index contributed by atoms with van der Waals surface area (Å²) in [6.07, 6.45) is 6.64. The Morgan fingerprint density at radius 1 is 1.06 bits per heavy atom. The Morgan fingerprint density at radius 3 is 2.50 bits per heavy atom. The lowest BCUT2D eigenvalue weighted by atomic mass is 9.94. The van der Waals surface area contributed by atoms with Crippen LogP contribution in [0.25, 0.3) is 0 Å². The topological polar surface area (TPSA) is 17.1 Å². The van der Waals surface area contributed by atoms with E-state index < -0.39 is 0 Å². The van der Waals surface area contributed by atoms with E-state index in [0.717, 1.165) is 25.7 Å². The first-order chi connectivity index (χ1) is 7.75. The van der Waals surface area contributed by atoms with Gasteiger partial charge in [0.15, 0.2) is 0 Å². The molecule has 0 radical (unpaired) electrons. The van der Waals surface area contributed by atoms with Crippen LogP contribution in [0.1, 0.15) is 37.3 Å². The highest BCUT2D eigenvalue weighted by Crippen LogP contribution is 2.18. The van der Waals surface area contributed by atoms with E-state index in [0.29, 0.717) is 12.2 Å². The van der Waals surface area contributed by atoms with Crippen molar-refractivity contribution in [1.82, 2.24) is 0 Å². The maximum Gasteiger partial charge on any atom is 0.137 e. The minimum Gasteiger partial charge on any atom is -0.299 e. The number of ketones is 1. The van der Waals surface area contributed by atoms with Crippen LogP contribution in [0.4, 0.5) is 0 Å². The predicted molar refractivity (Wildman–Crippen MR) is 66.5 cm³/mol. The lowest BCUT2D eigenvalue weighted by molar-refractivity contribution is -0.118. The summed E-state index contributed by atoms with van der Waals surface area (Å²) >= 11 is 0. The Morgan fingerprint density at radius 2 is 1.75 bits per heavy atom. The smallest absolute Gasteiger partial charge is 0.137 e. The number of carbonyl (C=O) groups is 1. The van der Waals surface area contributed by atoms with Crippen molar-refractivity contribution in [3.8, 4) is 0 Å². The highest BCUT2D eigenvalue weighted by Gasteiger charge is 2.09. The normalized spacial score (nSPS) is 20.8. The van der Waals surface area contributed by atoms with Crippen LogP contribution >= 0.6 is 0 Å². The fourth-order valence-corrected chi connectivity index (χ4v) is 2.22. The van der Waals surface area contributed by atoms with Crippen molar-refractivity contribution in [2.75, 3.05) is 0 Å². The van der Waals surface area contributed by atoms with Gasteiger partial charge in [0.25, 0.3) is 0 Å². The molecule has 0 bridgehead atoms. The van der Waals surface area contributed by atoms with Crippen LogP contribution in [0.3, 0.4) is 0 Å². The summed E-state index contributed by atoms with van der Waals surface area (Å²) in [5, 5.41) is 0. The van der Waals surface area contributed by atoms with E-state index in [1.807, 2.05) is 6.07 Å². The summed E-state index contributed by atoms with van der Waals surface area (Å²) in [5.74, 6) is 0.375. The molecular formula is C15H18O. The lowest BCUT2D eigenvalue weighted by Crippen LogP contribution is -2.06. The molecule has 1 nitrogen and oxygen atoms in total. The molecule has 0 amide bonds. The Kier molecular flexibility index (Phi) is 3.55. The van der Waals surface area contributed by atoms with Gasteiger partial charge in [0.1, 0.15) is 5.78 Å². The summed E-state index contributed by atoms with van der Waals surface area (Å²) in [6.45, 7) is 2.18. The maximum absolute atomic E-state index is 11.7. The third-order valence-electron chi connectivity index (χ3n) is 3.13. The molecule has 1 aliphatic rings.